The van der Waals surface area contributed by atoms with Crippen molar-refractivity contribution < 1.29 is 24.2 Å². The molecular weight excluding hydrogens is 394 g/mol. The summed E-state index contributed by atoms with van der Waals surface area (Å²) in [6, 6.07) is 5.02. The fourth-order valence-corrected chi connectivity index (χ4v) is 4.92. The molecule has 0 unspecified atom stereocenters. The molecule has 0 bridgehead atoms. The molecule has 0 spiro atoms. The third-order valence-corrected chi connectivity index (χ3v) is 6.13. The number of ether oxygens (including phenoxy) is 2. The second-order valence-electron chi connectivity index (χ2n) is 6.79. The van der Waals surface area contributed by atoms with Crippen molar-refractivity contribution in [1.29, 1.82) is 0 Å². The van der Waals surface area contributed by atoms with Gasteiger partial charge in [-0.05, 0) is 43.5 Å². The first-order valence-electron chi connectivity index (χ1n) is 9.61. The molecular formula is C20H23N3O5S. The van der Waals surface area contributed by atoms with Gasteiger partial charge < -0.3 is 30.1 Å². The molecule has 4 rings (SSSR count). The van der Waals surface area contributed by atoms with Crippen LogP contribution in [0.15, 0.2) is 18.2 Å². The number of nitrogens with one attached hydrogen (secondary N) is 2. The number of rotatable bonds is 4. The van der Waals surface area contributed by atoms with Crippen LogP contribution in [0.2, 0.25) is 0 Å². The lowest BCUT2D eigenvalue weighted by Crippen LogP contribution is -2.39. The van der Waals surface area contributed by atoms with Crippen LogP contribution in [0.4, 0.5) is 9.80 Å². The minimum absolute atomic E-state index is 0.0593. The molecule has 2 amide bonds. The lowest BCUT2D eigenvalue weighted by Gasteiger charge is -2.28. The van der Waals surface area contributed by atoms with E-state index in [4.69, 9.17) is 9.47 Å². The molecule has 0 fully saturated rings. The van der Waals surface area contributed by atoms with Gasteiger partial charge in [0.25, 0.3) is 5.91 Å². The average molecular weight is 417 g/mol. The van der Waals surface area contributed by atoms with Crippen LogP contribution < -0.4 is 15.4 Å². The summed E-state index contributed by atoms with van der Waals surface area (Å²) in [6.07, 6.45) is -0.142. The third kappa shape index (κ3) is 3.57. The lowest BCUT2D eigenvalue weighted by atomic mass is 10.0. The Labute approximate surface area is 172 Å². The van der Waals surface area contributed by atoms with Crippen LogP contribution in [-0.4, -0.2) is 41.8 Å². The van der Waals surface area contributed by atoms with E-state index < -0.39 is 6.17 Å². The summed E-state index contributed by atoms with van der Waals surface area (Å²) in [6.45, 7) is 5.37. The predicted molar refractivity (Wildman–Crippen MR) is 109 cm³/mol. The summed E-state index contributed by atoms with van der Waals surface area (Å²) in [5, 5.41) is 17.1. The van der Waals surface area contributed by atoms with E-state index in [9.17, 15) is 14.7 Å². The summed E-state index contributed by atoms with van der Waals surface area (Å²) in [4.78, 5) is 27.6. The number of nitrogens with zero attached hydrogens (tertiary/aromatic N) is 1. The summed E-state index contributed by atoms with van der Waals surface area (Å²) in [5.74, 6) is 0.295. The Balaban J connectivity index is 1.59. The van der Waals surface area contributed by atoms with E-state index in [0.29, 0.717) is 44.0 Å². The van der Waals surface area contributed by atoms with E-state index in [-0.39, 0.29) is 17.7 Å². The van der Waals surface area contributed by atoms with Crippen LogP contribution in [0, 0.1) is 0 Å². The summed E-state index contributed by atoms with van der Waals surface area (Å²) < 4.78 is 10.5. The van der Waals surface area contributed by atoms with Gasteiger partial charge in [0.15, 0.2) is 11.5 Å². The number of carbonyl (C=O) groups excluding carboxylic acids is 2. The Kier molecular flexibility index (Phi) is 5.23. The standard InChI is InChI=1S/C20H23N3O5S/c1-3-27-14-9-11(5-6-13(14)24)17-21-18(25)16-12-7-8-23(20(26)28-4-2)10-15(12)29-19(16)22-17/h5-6,9,17,22,24H,3-4,7-8,10H2,1-2H3,(H,21,25)/t17-/m1/s1. The molecule has 0 saturated heterocycles. The van der Waals surface area contributed by atoms with Gasteiger partial charge in [-0.1, -0.05) is 6.07 Å². The molecule has 0 aliphatic carbocycles. The quantitative estimate of drug-likeness (QED) is 0.706. The molecule has 2 aliphatic rings. The second kappa shape index (κ2) is 7.82. The minimum atomic E-state index is -0.434. The number of hydrogen-bond donors (Lipinski definition) is 3. The van der Waals surface area contributed by atoms with Gasteiger partial charge in [0, 0.05) is 11.4 Å². The number of phenolic OH excluding ortho intramolecular Hbond substituents is 1. The van der Waals surface area contributed by atoms with Crippen molar-refractivity contribution >= 4 is 28.3 Å². The topological polar surface area (TPSA) is 100 Å². The summed E-state index contributed by atoms with van der Waals surface area (Å²) in [5.41, 5.74) is 2.44. The van der Waals surface area contributed by atoms with E-state index in [1.165, 1.54) is 11.3 Å². The van der Waals surface area contributed by atoms with E-state index >= 15 is 0 Å². The van der Waals surface area contributed by atoms with Gasteiger partial charge in [0.1, 0.15) is 11.2 Å². The van der Waals surface area contributed by atoms with E-state index in [1.54, 1.807) is 30.0 Å². The Morgan fingerprint density at radius 2 is 2.14 bits per heavy atom. The molecule has 2 aliphatic heterocycles. The van der Waals surface area contributed by atoms with Gasteiger partial charge in [-0.3, -0.25) is 4.79 Å². The van der Waals surface area contributed by atoms with E-state index in [0.717, 1.165) is 21.0 Å². The lowest BCUT2D eigenvalue weighted by molar-refractivity contribution is 0.0934. The first-order chi connectivity index (χ1) is 14.0. The molecule has 9 heteroatoms. The highest BCUT2D eigenvalue weighted by molar-refractivity contribution is 7.16. The zero-order valence-corrected chi connectivity index (χ0v) is 17.1. The van der Waals surface area contributed by atoms with Gasteiger partial charge in [-0.25, -0.2) is 4.79 Å². The second-order valence-corrected chi connectivity index (χ2v) is 7.89. The van der Waals surface area contributed by atoms with Crippen molar-refractivity contribution in [2.24, 2.45) is 0 Å². The maximum absolute atomic E-state index is 12.9. The summed E-state index contributed by atoms with van der Waals surface area (Å²) in [7, 11) is 0. The Morgan fingerprint density at radius 3 is 2.90 bits per heavy atom. The van der Waals surface area contributed by atoms with Crippen LogP contribution in [-0.2, 0) is 17.7 Å². The number of phenols is 1. The van der Waals surface area contributed by atoms with Gasteiger partial charge in [0.2, 0.25) is 0 Å². The highest BCUT2D eigenvalue weighted by Gasteiger charge is 2.34. The maximum Gasteiger partial charge on any atom is 0.410 e. The molecule has 1 aromatic heterocycles. The molecule has 3 N–H and O–H groups in total. The van der Waals surface area contributed by atoms with Crippen molar-refractivity contribution in [1.82, 2.24) is 10.2 Å². The van der Waals surface area contributed by atoms with Crippen LogP contribution in [0.1, 0.15) is 46.4 Å². The van der Waals surface area contributed by atoms with Crippen LogP contribution in [0.25, 0.3) is 0 Å². The highest BCUT2D eigenvalue weighted by Crippen LogP contribution is 2.41. The summed E-state index contributed by atoms with van der Waals surface area (Å²) >= 11 is 1.49. The van der Waals surface area contributed by atoms with E-state index in [1.807, 2.05) is 6.92 Å². The monoisotopic (exact) mass is 417 g/mol. The predicted octanol–water partition coefficient (Wildman–Crippen LogP) is 3.22. The molecule has 154 valence electrons. The van der Waals surface area contributed by atoms with Crippen molar-refractivity contribution in [3.63, 3.8) is 0 Å². The first kappa shape index (κ1) is 19.4. The molecule has 1 atom stereocenters. The Morgan fingerprint density at radius 1 is 1.31 bits per heavy atom. The SMILES string of the molecule is CCOC(=O)N1CCc2c(sc3c2C(=O)N[C@@H](c2ccc(O)c(OCC)c2)N3)C1. The number of amides is 2. The van der Waals surface area contributed by atoms with Gasteiger partial charge in [0.05, 0.1) is 25.3 Å². The van der Waals surface area contributed by atoms with Crippen LogP contribution in [0.5, 0.6) is 11.5 Å². The number of thiophene rings is 1. The zero-order valence-electron chi connectivity index (χ0n) is 16.3. The molecule has 1 aromatic carbocycles. The number of fused-ring (bicyclic) bond motifs is 3. The fourth-order valence-electron chi connectivity index (χ4n) is 3.63. The average Bonchev–Trinajstić information content (AvgIpc) is 3.08. The molecule has 2 aromatic rings. The molecule has 3 heterocycles. The molecule has 8 nitrogen and oxygen atoms in total. The highest BCUT2D eigenvalue weighted by atomic mass is 32.1. The third-order valence-electron chi connectivity index (χ3n) is 4.98. The largest absolute Gasteiger partial charge is 0.504 e. The fraction of sp³-hybridized carbons (Fsp3) is 0.400. The Hall–Kier alpha value is -2.94. The number of benzene rings is 1. The first-order valence-corrected chi connectivity index (χ1v) is 10.4. The number of aromatic hydroxyl groups is 1. The zero-order chi connectivity index (χ0) is 20.5. The number of carbonyl (C=O) groups is 2. The van der Waals surface area contributed by atoms with Crippen molar-refractivity contribution in [3.8, 4) is 11.5 Å². The normalized spacial score (nSPS) is 17.7. The maximum atomic E-state index is 12.9. The smallest absolute Gasteiger partial charge is 0.410 e. The number of hydrogen-bond acceptors (Lipinski definition) is 7. The van der Waals surface area contributed by atoms with Crippen molar-refractivity contribution in [2.45, 2.75) is 33.0 Å². The van der Waals surface area contributed by atoms with Crippen LogP contribution >= 0.6 is 11.3 Å². The minimum Gasteiger partial charge on any atom is -0.504 e. The molecule has 0 radical (unpaired) electrons. The van der Waals surface area contributed by atoms with Gasteiger partial charge in [-0.2, -0.15) is 0 Å². The Bertz CT molecular complexity index is 958. The van der Waals surface area contributed by atoms with Crippen LogP contribution in [0.3, 0.4) is 0 Å². The van der Waals surface area contributed by atoms with Crippen molar-refractivity contribution in [2.75, 3.05) is 25.1 Å². The van der Waals surface area contributed by atoms with E-state index in [2.05, 4.69) is 10.6 Å². The number of anilines is 1. The van der Waals surface area contributed by atoms with Gasteiger partial charge >= 0.3 is 6.09 Å². The van der Waals surface area contributed by atoms with Gasteiger partial charge in [-0.15, -0.1) is 11.3 Å². The molecule has 0 saturated carbocycles. The molecule has 29 heavy (non-hydrogen) atoms. The van der Waals surface area contributed by atoms with Crippen molar-refractivity contribution in [3.05, 3.63) is 39.8 Å².